The first-order chi connectivity index (χ1) is 12.0. The molecule has 0 spiro atoms. The third-order valence-electron chi connectivity index (χ3n) is 5.15. The largest absolute Gasteiger partial charge is 0.496 e. The maximum Gasteiger partial charge on any atom is 0.343 e. The Morgan fingerprint density at radius 2 is 1.80 bits per heavy atom. The van der Waals surface area contributed by atoms with Crippen LogP contribution in [0.3, 0.4) is 0 Å². The molecule has 0 aromatic heterocycles. The molecule has 1 saturated carbocycles. The predicted molar refractivity (Wildman–Crippen MR) is 88.0 cm³/mol. The first-order valence-electron chi connectivity index (χ1n) is 8.19. The second-order valence-electron chi connectivity index (χ2n) is 6.04. The van der Waals surface area contributed by atoms with E-state index in [2.05, 4.69) is 17.1 Å². The fraction of sp³-hybridized carbons (Fsp3) is 0.500. The lowest BCUT2D eigenvalue weighted by atomic mass is 9.93. The van der Waals surface area contributed by atoms with Crippen LogP contribution in [0.1, 0.15) is 25.3 Å². The quantitative estimate of drug-likeness (QED) is 0.703. The number of hydrogen-bond donors (Lipinski definition) is 2. The highest BCUT2D eigenvalue weighted by atomic mass is 16.7. The molecule has 0 bridgehead atoms. The Morgan fingerprint density at radius 3 is 2.32 bits per heavy atom. The van der Waals surface area contributed by atoms with Crippen LogP contribution in [0, 0.1) is 33.5 Å². The van der Waals surface area contributed by atoms with E-state index < -0.39 is 22.7 Å². The summed E-state index contributed by atoms with van der Waals surface area (Å²) >= 11 is 0. The summed E-state index contributed by atoms with van der Waals surface area (Å²) in [7, 11) is 1.55. The Hall–Kier alpha value is -2.61. The van der Waals surface area contributed by atoms with Crippen molar-refractivity contribution in [2.75, 3.05) is 20.3 Å². The number of amidine groups is 1. The number of rotatable bonds is 6. The Bertz CT molecular complexity index is 803. The van der Waals surface area contributed by atoms with Gasteiger partial charge < -0.3 is 14.2 Å². The van der Waals surface area contributed by atoms with Crippen LogP contribution in [0.2, 0.25) is 0 Å². The number of para-hydroxylation sites is 1. The summed E-state index contributed by atoms with van der Waals surface area (Å²) < 4.78 is 17.1. The third-order valence-corrected chi connectivity index (χ3v) is 5.15. The lowest BCUT2D eigenvalue weighted by Gasteiger charge is -2.29. The lowest BCUT2D eigenvalue weighted by molar-refractivity contribution is -0.693. The molecule has 25 heavy (non-hydrogen) atoms. The van der Waals surface area contributed by atoms with Crippen LogP contribution in [0.4, 0.5) is 0 Å². The number of hydrogen-bond acceptors (Lipinski definition) is 6. The molecule has 0 unspecified atom stereocenters. The fourth-order valence-corrected chi connectivity index (χ4v) is 4.23. The molecule has 1 heterocycles. The molecule has 1 fully saturated rings. The van der Waals surface area contributed by atoms with Gasteiger partial charge >= 0.3 is 5.91 Å². The van der Waals surface area contributed by atoms with Crippen molar-refractivity contribution in [3.05, 3.63) is 29.8 Å². The topological polar surface area (TPSA) is 115 Å². The summed E-state index contributed by atoms with van der Waals surface area (Å²) in [4.78, 5) is 2.95. The van der Waals surface area contributed by atoms with Gasteiger partial charge in [0.05, 0.1) is 38.4 Å². The summed E-state index contributed by atoms with van der Waals surface area (Å²) in [6.07, 6.45) is 0. The van der Waals surface area contributed by atoms with Crippen molar-refractivity contribution in [1.82, 2.24) is 0 Å². The highest BCUT2D eigenvalue weighted by Crippen LogP contribution is 2.79. The van der Waals surface area contributed by atoms with Gasteiger partial charge in [-0.25, -0.2) is 4.99 Å². The van der Waals surface area contributed by atoms with E-state index in [-0.39, 0.29) is 5.84 Å². The molecule has 7 heteroatoms. The molecule has 0 saturated heterocycles. The summed E-state index contributed by atoms with van der Waals surface area (Å²) in [5.74, 6) is -1.21. The summed E-state index contributed by atoms with van der Waals surface area (Å²) in [5, 5.41) is 20.2. The van der Waals surface area contributed by atoms with E-state index >= 15 is 0 Å². The van der Waals surface area contributed by atoms with Gasteiger partial charge in [0.25, 0.3) is 5.84 Å². The normalized spacial score (nSPS) is 31.4. The molecule has 1 aliphatic heterocycles. The monoisotopic (exact) mass is 341 g/mol. The summed E-state index contributed by atoms with van der Waals surface area (Å²) in [6, 6.07) is 11.9. The first kappa shape index (κ1) is 17.2. The maximum absolute atomic E-state index is 10.2. The highest BCUT2D eigenvalue weighted by Gasteiger charge is 2.97. The second kappa shape index (κ2) is 5.73. The number of nitrogens with two attached hydrogens (primary N) is 1. The summed E-state index contributed by atoms with van der Waals surface area (Å²) in [5.41, 5.74) is 4.39. The predicted octanol–water partition coefficient (Wildman–Crippen LogP) is -0.00944. The van der Waals surface area contributed by atoms with Gasteiger partial charge in [-0.15, -0.1) is 0 Å². The minimum atomic E-state index is -1.48. The average Bonchev–Trinajstić information content (AvgIpc) is 3.20. The maximum atomic E-state index is 10.2. The second-order valence-corrected chi connectivity index (χ2v) is 6.04. The van der Waals surface area contributed by atoms with Gasteiger partial charge in [0, 0.05) is 5.56 Å². The minimum Gasteiger partial charge on any atom is -0.496 e. The molecule has 3 N–H and O–H groups in total. The molecular formula is C18H21N4O3+. The molecule has 0 radical (unpaired) electrons. The minimum absolute atomic E-state index is 0.189. The van der Waals surface area contributed by atoms with E-state index in [1.807, 2.05) is 18.2 Å². The number of benzene rings is 1. The van der Waals surface area contributed by atoms with E-state index in [0.717, 1.165) is 5.56 Å². The average molecular weight is 341 g/mol. The zero-order valence-corrected chi connectivity index (χ0v) is 14.5. The van der Waals surface area contributed by atoms with Crippen molar-refractivity contribution in [2.24, 2.45) is 16.6 Å². The Kier molecular flexibility index (Phi) is 3.95. The van der Waals surface area contributed by atoms with Gasteiger partial charge in [-0.05, 0) is 19.9 Å². The molecule has 1 aromatic carbocycles. The van der Waals surface area contributed by atoms with Crippen molar-refractivity contribution in [3.8, 4) is 17.9 Å². The van der Waals surface area contributed by atoms with Gasteiger partial charge in [-0.2, -0.15) is 10.5 Å². The summed E-state index contributed by atoms with van der Waals surface area (Å²) in [6.45, 7) is 4.20. The molecule has 3 rings (SSSR count). The van der Waals surface area contributed by atoms with Crippen LogP contribution in [0.25, 0.3) is 0 Å². The number of nitrogens with one attached hydrogen (secondary N) is 1. The standard InChI is InChI=1S/C18H20N4O3/c1-4-24-18(25-5-2)17(11-20)14(16(17,10-19)15(21)22-18)12-8-6-7-9-13(12)23-3/h6-9,14H,4-5H2,1-3H3,(H2,21,22)/p+1/t14-,16+,17+/m0/s1. The van der Waals surface area contributed by atoms with Crippen LogP contribution in [0.15, 0.2) is 24.3 Å². The van der Waals surface area contributed by atoms with Gasteiger partial charge in [-0.3, -0.25) is 5.73 Å². The van der Waals surface area contributed by atoms with Crippen molar-refractivity contribution in [3.63, 3.8) is 0 Å². The number of nitriles is 2. The number of nitrogens with zero attached hydrogens (tertiary/aromatic N) is 2. The smallest absolute Gasteiger partial charge is 0.343 e. The Labute approximate surface area is 146 Å². The van der Waals surface area contributed by atoms with Crippen LogP contribution < -0.4 is 15.5 Å². The van der Waals surface area contributed by atoms with Crippen molar-refractivity contribution >= 4 is 5.84 Å². The van der Waals surface area contributed by atoms with Crippen LogP contribution in [-0.4, -0.2) is 32.1 Å². The molecule has 0 amide bonds. The van der Waals surface area contributed by atoms with Gasteiger partial charge in [0.1, 0.15) is 5.75 Å². The zero-order chi connectivity index (χ0) is 18.3. The van der Waals surface area contributed by atoms with Gasteiger partial charge in [0.15, 0.2) is 10.8 Å². The van der Waals surface area contributed by atoms with E-state index in [4.69, 9.17) is 19.9 Å². The number of fused-ring (bicyclic) bond motifs is 1. The molecule has 1 aromatic rings. The van der Waals surface area contributed by atoms with E-state index in [1.165, 1.54) is 0 Å². The van der Waals surface area contributed by atoms with Crippen molar-refractivity contribution < 1.29 is 19.2 Å². The first-order valence-corrected chi connectivity index (χ1v) is 8.19. The third kappa shape index (κ3) is 1.77. The van der Waals surface area contributed by atoms with E-state index in [9.17, 15) is 10.5 Å². The molecule has 2 aliphatic rings. The zero-order valence-electron chi connectivity index (χ0n) is 14.5. The van der Waals surface area contributed by atoms with Crippen molar-refractivity contribution in [2.45, 2.75) is 25.7 Å². The van der Waals surface area contributed by atoms with E-state index in [1.54, 1.807) is 27.0 Å². The molecule has 130 valence electrons. The number of methoxy groups -OCH3 is 1. The molecule has 7 nitrogen and oxygen atoms in total. The van der Waals surface area contributed by atoms with E-state index in [0.29, 0.717) is 19.0 Å². The highest BCUT2D eigenvalue weighted by molar-refractivity contribution is 5.95. The van der Waals surface area contributed by atoms with Crippen LogP contribution in [0.5, 0.6) is 5.75 Å². The van der Waals surface area contributed by atoms with Crippen LogP contribution >= 0.6 is 0 Å². The fourth-order valence-electron chi connectivity index (χ4n) is 4.23. The van der Waals surface area contributed by atoms with Gasteiger partial charge in [-0.1, -0.05) is 18.2 Å². The van der Waals surface area contributed by atoms with Crippen molar-refractivity contribution in [1.29, 1.82) is 10.5 Å². The molecular weight excluding hydrogens is 320 g/mol. The Morgan fingerprint density at radius 1 is 1.16 bits per heavy atom. The number of ether oxygens (including phenoxy) is 3. The lowest BCUT2D eigenvalue weighted by Crippen LogP contribution is -2.91. The SMILES string of the molecule is CCOC1(OCC)[NH+]=C(N)[C@@]2(C#N)[C@H](c3ccccc3OC)[C@@]12C#N. The Balaban J connectivity index is 2.25. The molecule has 1 aliphatic carbocycles. The van der Waals surface area contributed by atoms with Crippen LogP contribution in [-0.2, 0) is 9.47 Å². The van der Waals surface area contributed by atoms with Gasteiger partial charge in [0.2, 0.25) is 0 Å². The molecule has 3 atom stereocenters.